The molecule has 2 aliphatic rings. The lowest BCUT2D eigenvalue weighted by Crippen LogP contribution is -2.50. The topological polar surface area (TPSA) is 127 Å². The van der Waals surface area contributed by atoms with E-state index in [9.17, 15) is 23.6 Å². The number of nitrogens with one attached hydrogen (secondary N) is 2. The predicted molar refractivity (Wildman–Crippen MR) is 156 cm³/mol. The van der Waals surface area contributed by atoms with Gasteiger partial charge in [0.05, 0.1) is 45.6 Å². The molecule has 0 bridgehead atoms. The van der Waals surface area contributed by atoms with E-state index in [1.165, 1.54) is 12.1 Å². The molecule has 4 rings (SSSR count). The normalized spacial score (nSPS) is 20.4. The van der Waals surface area contributed by atoms with Crippen molar-refractivity contribution in [1.82, 2.24) is 15.5 Å². The van der Waals surface area contributed by atoms with Gasteiger partial charge < -0.3 is 24.8 Å². The zero-order valence-electron chi connectivity index (χ0n) is 24.9. The van der Waals surface area contributed by atoms with Crippen molar-refractivity contribution in [3.63, 3.8) is 0 Å². The number of rotatable bonds is 15. The largest absolute Gasteiger partial charge is 0.497 e. The van der Waals surface area contributed by atoms with Crippen LogP contribution in [0.1, 0.15) is 31.4 Å². The van der Waals surface area contributed by atoms with E-state index in [0.717, 1.165) is 5.56 Å². The number of methoxy groups -OCH3 is 1. The maximum atomic E-state index is 13.9. The van der Waals surface area contributed by atoms with Crippen molar-refractivity contribution >= 4 is 23.4 Å². The lowest BCUT2D eigenvalue weighted by molar-refractivity contribution is -0.134. The van der Waals surface area contributed by atoms with Crippen LogP contribution in [0.3, 0.4) is 0 Å². The van der Waals surface area contributed by atoms with Crippen LogP contribution in [-0.4, -0.2) is 92.5 Å². The van der Waals surface area contributed by atoms with Gasteiger partial charge in [0.2, 0.25) is 11.8 Å². The van der Waals surface area contributed by atoms with Crippen molar-refractivity contribution in [3.8, 4) is 5.75 Å². The Morgan fingerprint density at radius 3 is 2.35 bits per heavy atom. The van der Waals surface area contributed by atoms with E-state index in [1.807, 2.05) is 17.0 Å². The molecule has 10 nitrogen and oxygen atoms in total. The summed E-state index contributed by atoms with van der Waals surface area (Å²) in [5.41, 5.74) is 0.316. The van der Waals surface area contributed by atoms with Crippen LogP contribution in [0.15, 0.2) is 48.5 Å². The molecule has 0 aromatic heterocycles. The molecular formula is C32H40FN3O7. The first-order valence-electron chi connectivity index (χ1n) is 14.5. The van der Waals surface area contributed by atoms with Gasteiger partial charge >= 0.3 is 0 Å². The number of benzene rings is 2. The molecule has 0 aliphatic carbocycles. The number of hydrogen-bond donors (Lipinski definition) is 2. The quantitative estimate of drug-likeness (QED) is 0.298. The Bertz CT molecular complexity index is 1290. The summed E-state index contributed by atoms with van der Waals surface area (Å²) in [4.78, 5) is 55.0. The number of ketones is 2. The van der Waals surface area contributed by atoms with Crippen molar-refractivity contribution in [3.05, 3.63) is 65.5 Å². The molecule has 4 atom stereocenters. The third kappa shape index (κ3) is 9.41. The molecule has 2 N–H and O–H groups in total. The lowest BCUT2D eigenvalue weighted by Gasteiger charge is -2.27. The first-order chi connectivity index (χ1) is 20.6. The molecule has 0 spiro atoms. The van der Waals surface area contributed by atoms with Crippen LogP contribution in [0.5, 0.6) is 5.75 Å². The smallest absolute Gasteiger partial charge is 0.234 e. The Labute approximate surface area is 251 Å². The maximum Gasteiger partial charge on any atom is 0.234 e. The van der Waals surface area contributed by atoms with Crippen molar-refractivity contribution in [1.29, 1.82) is 0 Å². The van der Waals surface area contributed by atoms with Crippen molar-refractivity contribution in [2.24, 2.45) is 5.92 Å². The number of hydrogen-bond acceptors (Lipinski definition) is 8. The summed E-state index contributed by atoms with van der Waals surface area (Å²) >= 11 is 0. The predicted octanol–water partition coefficient (Wildman–Crippen LogP) is 1.87. The molecule has 2 fully saturated rings. The van der Waals surface area contributed by atoms with Gasteiger partial charge in [0.15, 0.2) is 11.6 Å². The fraction of sp³-hybridized carbons (Fsp3) is 0.500. The fourth-order valence-electron chi connectivity index (χ4n) is 5.07. The first-order valence-corrected chi connectivity index (χ1v) is 14.5. The standard InChI is InChI=1S/C32H40FN3O7/c1-21(34-29(38)19-36-11-13-42-14-12-36)28(37)18-24(15-22-7-9-26(41-3)10-8-22)31(40)35-27(30(39)32(2)20-43-32)17-23-5-4-6-25(33)16-23/h4-10,16,21,24,27H,11-15,17-20H2,1-3H3,(H,34,38)(H,35,40)/t21-,24+,27-,32+/m0/s1. The summed E-state index contributed by atoms with van der Waals surface area (Å²) in [6.07, 6.45) is 0.120. The van der Waals surface area contributed by atoms with Gasteiger partial charge in [0, 0.05) is 25.4 Å². The van der Waals surface area contributed by atoms with E-state index >= 15 is 0 Å². The number of ether oxygens (including phenoxy) is 3. The van der Waals surface area contributed by atoms with Gasteiger partial charge in [-0.15, -0.1) is 0 Å². The number of nitrogens with zero attached hydrogens (tertiary/aromatic N) is 1. The van der Waals surface area contributed by atoms with Crippen molar-refractivity contribution in [2.75, 3.05) is 46.6 Å². The Morgan fingerprint density at radius 2 is 1.72 bits per heavy atom. The lowest BCUT2D eigenvalue weighted by atomic mass is 9.89. The van der Waals surface area contributed by atoms with E-state index in [-0.39, 0.29) is 49.9 Å². The van der Waals surface area contributed by atoms with Crippen LogP contribution >= 0.6 is 0 Å². The van der Waals surface area contributed by atoms with Gasteiger partial charge in [-0.25, -0.2) is 4.39 Å². The third-order valence-electron chi connectivity index (χ3n) is 7.85. The zero-order valence-corrected chi connectivity index (χ0v) is 24.9. The molecule has 2 aromatic rings. The minimum Gasteiger partial charge on any atom is -0.497 e. The van der Waals surface area contributed by atoms with Crippen LogP contribution < -0.4 is 15.4 Å². The summed E-state index contributed by atoms with van der Waals surface area (Å²) in [5, 5.41) is 5.59. The number of Topliss-reactive ketones (excluding diaryl/α,β-unsaturated/α-hetero) is 2. The van der Waals surface area contributed by atoms with Crippen LogP contribution in [0, 0.1) is 11.7 Å². The fourth-order valence-corrected chi connectivity index (χ4v) is 5.07. The Kier molecular flexibility index (Phi) is 11.0. The van der Waals surface area contributed by atoms with E-state index in [2.05, 4.69) is 10.6 Å². The third-order valence-corrected chi connectivity index (χ3v) is 7.85. The highest BCUT2D eigenvalue weighted by Gasteiger charge is 2.50. The highest BCUT2D eigenvalue weighted by Crippen LogP contribution is 2.29. The van der Waals surface area contributed by atoms with Crippen LogP contribution in [-0.2, 0) is 41.5 Å². The van der Waals surface area contributed by atoms with E-state index in [0.29, 0.717) is 37.6 Å². The zero-order chi connectivity index (χ0) is 31.0. The average Bonchev–Trinajstić information content (AvgIpc) is 3.75. The molecule has 0 saturated carbocycles. The summed E-state index contributed by atoms with van der Waals surface area (Å²) in [6, 6.07) is 11.2. The molecule has 0 radical (unpaired) electrons. The van der Waals surface area contributed by atoms with Crippen molar-refractivity contribution < 1.29 is 37.8 Å². The number of carbonyl (C=O) groups excluding carboxylic acids is 4. The van der Waals surface area contributed by atoms with Gasteiger partial charge in [-0.3, -0.25) is 24.1 Å². The van der Waals surface area contributed by atoms with Gasteiger partial charge in [-0.05, 0) is 62.1 Å². The minimum absolute atomic E-state index is 0.0679. The number of amides is 2. The number of epoxide rings is 1. The summed E-state index contributed by atoms with van der Waals surface area (Å²) in [5.74, 6) is -2.03. The van der Waals surface area contributed by atoms with E-state index in [1.54, 1.807) is 45.2 Å². The first kappa shape index (κ1) is 32.2. The number of halogens is 1. The summed E-state index contributed by atoms with van der Waals surface area (Å²) in [6.45, 7) is 6.02. The molecule has 43 heavy (non-hydrogen) atoms. The van der Waals surface area contributed by atoms with Crippen LogP contribution in [0.4, 0.5) is 4.39 Å². The van der Waals surface area contributed by atoms with Crippen molar-refractivity contribution in [2.45, 2.75) is 50.8 Å². The van der Waals surface area contributed by atoms with E-state index < -0.39 is 35.3 Å². The van der Waals surface area contributed by atoms with Gasteiger partial charge in [-0.1, -0.05) is 24.3 Å². The Balaban J connectivity index is 1.48. The Morgan fingerprint density at radius 1 is 1.02 bits per heavy atom. The molecule has 232 valence electrons. The summed E-state index contributed by atoms with van der Waals surface area (Å²) < 4.78 is 29.8. The maximum absolute atomic E-state index is 13.9. The SMILES string of the molecule is COc1ccc(C[C@H](CC(=O)[C@H](C)NC(=O)CN2CCOCC2)C(=O)N[C@@H](Cc2cccc(F)c2)C(=O)[C@@]2(C)CO2)cc1. The second-order valence-electron chi connectivity index (χ2n) is 11.4. The molecule has 2 heterocycles. The second kappa shape index (κ2) is 14.7. The average molecular weight is 598 g/mol. The Hall–Kier alpha value is -3.67. The molecule has 0 unspecified atom stereocenters. The minimum atomic E-state index is -1.02. The molecule has 2 amide bonds. The van der Waals surface area contributed by atoms with Gasteiger partial charge in [0.25, 0.3) is 0 Å². The highest BCUT2D eigenvalue weighted by molar-refractivity contribution is 5.98. The molecule has 2 aliphatic heterocycles. The monoisotopic (exact) mass is 597 g/mol. The number of morpholine rings is 1. The van der Waals surface area contributed by atoms with Crippen LogP contribution in [0.25, 0.3) is 0 Å². The number of carbonyl (C=O) groups is 4. The van der Waals surface area contributed by atoms with E-state index in [4.69, 9.17) is 14.2 Å². The molecule has 2 aromatic carbocycles. The molecular weight excluding hydrogens is 557 g/mol. The summed E-state index contributed by atoms with van der Waals surface area (Å²) in [7, 11) is 1.55. The van der Waals surface area contributed by atoms with Gasteiger partial charge in [-0.2, -0.15) is 0 Å². The molecule has 11 heteroatoms. The second-order valence-corrected chi connectivity index (χ2v) is 11.4. The van der Waals surface area contributed by atoms with Crippen LogP contribution in [0.2, 0.25) is 0 Å². The highest BCUT2D eigenvalue weighted by atomic mass is 19.1. The molecule has 2 saturated heterocycles. The van der Waals surface area contributed by atoms with Gasteiger partial charge in [0.1, 0.15) is 17.2 Å².